The van der Waals surface area contributed by atoms with Gasteiger partial charge in [0.2, 0.25) is 5.82 Å². The SMILES string of the molecule is CCc1ccc(C(=O)OC(C)C(=O)Nc2ccc(F)c([N+](=O)[O-])c2)cc1. The van der Waals surface area contributed by atoms with Crippen LogP contribution in [0.25, 0.3) is 0 Å². The van der Waals surface area contributed by atoms with Crippen molar-refractivity contribution < 1.29 is 23.6 Å². The first-order valence-electron chi connectivity index (χ1n) is 7.86. The van der Waals surface area contributed by atoms with Gasteiger partial charge in [0.15, 0.2) is 6.10 Å². The van der Waals surface area contributed by atoms with Crippen LogP contribution in [-0.4, -0.2) is 22.9 Å². The lowest BCUT2D eigenvalue weighted by atomic mass is 10.1. The summed E-state index contributed by atoms with van der Waals surface area (Å²) in [7, 11) is 0. The van der Waals surface area contributed by atoms with Crippen molar-refractivity contribution in [3.8, 4) is 0 Å². The zero-order chi connectivity index (χ0) is 19.3. The smallest absolute Gasteiger partial charge is 0.338 e. The highest BCUT2D eigenvalue weighted by Gasteiger charge is 2.21. The number of nitrogens with one attached hydrogen (secondary N) is 1. The van der Waals surface area contributed by atoms with Gasteiger partial charge < -0.3 is 10.1 Å². The van der Waals surface area contributed by atoms with Crippen molar-refractivity contribution in [2.75, 3.05) is 5.32 Å². The van der Waals surface area contributed by atoms with Crippen LogP contribution in [0.5, 0.6) is 0 Å². The molecule has 0 aliphatic rings. The number of esters is 1. The molecule has 1 unspecified atom stereocenters. The van der Waals surface area contributed by atoms with Crippen molar-refractivity contribution in [2.24, 2.45) is 0 Å². The molecule has 2 aromatic carbocycles. The number of halogens is 1. The van der Waals surface area contributed by atoms with Gasteiger partial charge in [0.05, 0.1) is 10.5 Å². The standard InChI is InChI=1S/C18H17FN2O5/c1-3-12-4-6-13(7-5-12)18(23)26-11(2)17(22)20-14-8-9-15(19)16(10-14)21(24)25/h4-11H,3H2,1-2H3,(H,20,22). The fourth-order valence-corrected chi connectivity index (χ4v) is 2.13. The van der Waals surface area contributed by atoms with Crippen molar-refractivity contribution in [2.45, 2.75) is 26.4 Å². The summed E-state index contributed by atoms with van der Waals surface area (Å²) in [6.07, 6.45) is -0.310. The summed E-state index contributed by atoms with van der Waals surface area (Å²) in [5.41, 5.74) is 0.631. The quantitative estimate of drug-likeness (QED) is 0.483. The minimum atomic E-state index is -1.14. The predicted octanol–water partition coefficient (Wildman–Crippen LogP) is 3.48. The second-order valence-electron chi connectivity index (χ2n) is 5.51. The van der Waals surface area contributed by atoms with Gasteiger partial charge in [0.25, 0.3) is 5.91 Å². The highest BCUT2D eigenvalue weighted by atomic mass is 19.1. The van der Waals surface area contributed by atoms with E-state index in [4.69, 9.17) is 4.74 Å². The van der Waals surface area contributed by atoms with Gasteiger partial charge in [-0.2, -0.15) is 4.39 Å². The molecule has 1 amide bonds. The first-order valence-corrected chi connectivity index (χ1v) is 7.86. The lowest BCUT2D eigenvalue weighted by Crippen LogP contribution is -2.30. The maximum absolute atomic E-state index is 13.3. The average molecular weight is 360 g/mol. The third-order valence-corrected chi connectivity index (χ3v) is 3.66. The first-order chi connectivity index (χ1) is 12.3. The molecule has 2 aromatic rings. The monoisotopic (exact) mass is 360 g/mol. The van der Waals surface area contributed by atoms with E-state index in [1.165, 1.54) is 13.0 Å². The molecule has 7 nitrogen and oxygen atoms in total. The molecule has 0 aromatic heterocycles. The number of amides is 1. The average Bonchev–Trinajstić information content (AvgIpc) is 2.62. The first kappa shape index (κ1) is 19.0. The Morgan fingerprint density at radius 1 is 1.23 bits per heavy atom. The third-order valence-electron chi connectivity index (χ3n) is 3.66. The van der Waals surface area contributed by atoms with Crippen LogP contribution in [0.4, 0.5) is 15.8 Å². The van der Waals surface area contributed by atoms with Crippen molar-refractivity contribution in [3.63, 3.8) is 0 Å². The second kappa shape index (κ2) is 8.19. The maximum Gasteiger partial charge on any atom is 0.338 e. The van der Waals surface area contributed by atoms with E-state index in [1.54, 1.807) is 24.3 Å². The molecule has 0 radical (unpaired) electrons. The van der Waals surface area contributed by atoms with E-state index in [9.17, 15) is 24.1 Å². The van der Waals surface area contributed by atoms with Crippen LogP contribution >= 0.6 is 0 Å². The van der Waals surface area contributed by atoms with Crippen molar-refractivity contribution in [3.05, 3.63) is 69.5 Å². The van der Waals surface area contributed by atoms with Crippen LogP contribution in [0.1, 0.15) is 29.8 Å². The van der Waals surface area contributed by atoms with Crippen LogP contribution in [-0.2, 0) is 16.0 Å². The Balaban J connectivity index is 2.01. The van der Waals surface area contributed by atoms with Crippen molar-refractivity contribution in [1.29, 1.82) is 0 Å². The number of anilines is 1. The van der Waals surface area contributed by atoms with Crippen molar-refractivity contribution in [1.82, 2.24) is 0 Å². The molecule has 1 N–H and O–H groups in total. The van der Waals surface area contributed by atoms with Gasteiger partial charge in [-0.05, 0) is 43.2 Å². The molecule has 0 aliphatic carbocycles. The van der Waals surface area contributed by atoms with Crippen molar-refractivity contribution >= 4 is 23.3 Å². The molecule has 0 aliphatic heterocycles. The highest BCUT2D eigenvalue weighted by molar-refractivity contribution is 5.97. The highest BCUT2D eigenvalue weighted by Crippen LogP contribution is 2.22. The van der Waals surface area contributed by atoms with E-state index in [-0.39, 0.29) is 5.69 Å². The molecule has 0 spiro atoms. The number of nitro groups is 1. The summed E-state index contributed by atoms with van der Waals surface area (Å²) in [6, 6.07) is 9.74. The van der Waals surface area contributed by atoms with E-state index in [0.717, 1.165) is 24.1 Å². The number of nitrogens with zero attached hydrogens (tertiary/aromatic N) is 1. The van der Waals surface area contributed by atoms with Gasteiger partial charge in [0.1, 0.15) is 0 Å². The van der Waals surface area contributed by atoms with E-state index in [1.807, 2.05) is 6.92 Å². The van der Waals surface area contributed by atoms with Gasteiger partial charge in [0, 0.05) is 11.8 Å². The Morgan fingerprint density at radius 3 is 2.46 bits per heavy atom. The summed E-state index contributed by atoms with van der Waals surface area (Å²) in [6.45, 7) is 3.35. The molecule has 0 saturated carbocycles. The lowest BCUT2D eigenvalue weighted by molar-refractivity contribution is -0.387. The summed E-state index contributed by atoms with van der Waals surface area (Å²) < 4.78 is 18.4. The van der Waals surface area contributed by atoms with Crippen LogP contribution in [0.2, 0.25) is 0 Å². The minimum Gasteiger partial charge on any atom is -0.449 e. The number of hydrogen-bond acceptors (Lipinski definition) is 5. The fourth-order valence-electron chi connectivity index (χ4n) is 2.13. The summed E-state index contributed by atoms with van der Waals surface area (Å²) in [5.74, 6) is -2.37. The molecule has 0 bridgehead atoms. The van der Waals surface area contributed by atoms with Crippen LogP contribution in [0.15, 0.2) is 42.5 Å². The zero-order valence-corrected chi connectivity index (χ0v) is 14.2. The zero-order valence-electron chi connectivity index (χ0n) is 14.2. The molecule has 8 heteroatoms. The van der Waals surface area contributed by atoms with Crippen LogP contribution in [0, 0.1) is 15.9 Å². The lowest BCUT2D eigenvalue weighted by Gasteiger charge is -2.13. The van der Waals surface area contributed by atoms with Gasteiger partial charge in [-0.15, -0.1) is 0 Å². The van der Waals surface area contributed by atoms with Crippen LogP contribution in [0.3, 0.4) is 0 Å². The maximum atomic E-state index is 13.3. The fraction of sp³-hybridized carbons (Fsp3) is 0.222. The largest absolute Gasteiger partial charge is 0.449 e. The van der Waals surface area contributed by atoms with E-state index in [2.05, 4.69) is 5.32 Å². The number of carbonyl (C=O) groups excluding carboxylic acids is 2. The third kappa shape index (κ3) is 4.62. The van der Waals surface area contributed by atoms with E-state index in [0.29, 0.717) is 5.56 Å². The predicted molar refractivity (Wildman–Crippen MR) is 92.4 cm³/mol. The molecular weight excluding hydrogens is 343 g/mol. The molecule has 2 rings (SSSR count). The number of rotatable bonds is 6. The molecule has 0 saturated heterocycles. The molecule has 0 heterocycles. The summed E-state index contributed by atoms with van der Waals surface area (Å²) in [5, 5.41) is 13.1. The Morgan fingerprint density at radius 2 is 1.88 bits per heavy atom. The van der Waals surface area contributed by atoms with E-state index < -0.39 is 34.4 Å². The normalized spacial score (nSPS) is 11.5. The summed E-state index contributed by atoms with van der Waals surface area (Å²) in [4.78, 5) is 34.0. The second-order valence-corrected chi connectivity index (χ2v) is 5.51. The Bertz CT molecular complexity index is 836. The molecule has 1 atom stereocenters. The van der Waals surface area contributed by atoms with Gasteiger partial charge in [-0.25, -0.2) is 4.79 Å². The number of hydrogen-bond donors (Lipinski definition) is 1. The number of benzene rings is 2. The number of nitro benzene ring substituents is 1. The molecule has 136 valence electrons. The minimum absolute atomic E-state index is 0.0262. The number of aryl methyl sites for hydroxylation is 1. The Kier molecular flexibility index (Phi) is 6.00. The Labute approximate surface area is 148 Å². The number of carbonyl (C=O) groups is 2. The van der Waals surface area contributed by atoms with Crippen LogP contribution < -0.4 is 5.32 Å². The van der Waals surface area contributed by atoms with Gasteiger partial charge in [-0.3, -0.25) is 14.9 Å². The number of ether oxygens (including phenoxy) is 1. The van der Waals surface area contributed by atoms with E-state index >= 15 is 0 Å². The molecule has 26 heavy (non-hydrogen) atoms. The topological polar surface area (TPSA) is 98.5 Å². The molecular formula is C18H17FN2O5. The van der Waals surface area contributed by atoms with Gasteiger partial charge in [-0.1, -0.05) is 19.1 Å². The Hall–Kier alpha value is -3.29. The molecule has 0 fully saturated rings. The summed E-state index contributed by atoms with van der Waals surface area (Å²) >= 11 is 0. The van der Waals surface area contributed by atoms with Gasteiger partial charge >= 0.3 is 11.7 Å².